The smallest absolute Gasteiger partial charge is 0.408 e. The molecule has 0 aliphatic carbocycles. The van der Waals surface area contributed by atoms with Crippen LogP contribution in [-0.4, -0.2) is 57.8 Å². The van der Waals surface area contributed by atoms with Crippen molar-refractivity contribution in [2.24, 2.45) is 0 Å². The molecule has 0 spiro atoms. The summed E-state index contributed by atoms with van der Waals surface area (Å²) < 4.78 is 5.42. The number of ether oxygens (including phenoxy) is 1. The molecule has 0 bridgehead atoms. The van der Waals surface area contributed by atoms with E-state index in [0.717, 1.165) is 19.3 Å². The van der Waals surface area contributed by atoms with Crippen molar-refractivity contribution in [1.82, 2.24) is 15.5 Å². The lowest BCUT2D eigenvalue weighted by molar-refractivity contribution is -0.141. The molecule has 0 aromatic heterocycles. The van der Waals surface area contributed by atoms with Gasteiger partial charge in [-0.05, 0) is 57.4 Å². The molecule has 0 saturated heterocycles. The average molecular weight is 554 g/mol. The SMILES string of the molecule is C=CCN(C(=O)C(Cc1ccc(O)cc1)NC(=O)OC(C)(C)C)C(C(=O)NCCCCC)c1cccc(C)c1O. The standard InChI is InChI=1S/C31H43N3O6/c1-7-9-10-18-32-28(37)26(24-13-11-12-21(3)27(24)36)34(19-8-2)29(38)25(33-30(39)40-31(4,5)6)20-22-14-16-23(35)17-15-22/h8,11-17,25-26,35-36H,2,7,9-10,18-20H2,1,3-6H3,(H,32,37)(H,33,39). The Morgan fingerprint density at radius 3 is 2.35 bits per heavy atom. The van der Waals surface area contributed by atoms with Gasteiger partial charge in [0, 0.05) is 25.1 Å². The fourth-order valence-corrected chi connectivity index (χ4v) is 4.22. The van der Waals surface area contributed by atoms with Gasteiger partial charge in [0.05, 0.1) is 0 Å². The summed E-state index contributed by atoms with van der Waals surface area (Å²) in [5.41, 5.74) is 0.694. The normalized spacial score (nSPS) is 12.6. The van der Waals surface area contributed by atoms with Gasteiger partial charge in [-0.15, -0.1) is 6.58 Å². The first-order valence-electron chi connectivity index (χ1n) is 13.6. The minimum Gasteiger partial charge on any atom is -0.508 e. The Kier molecular flexibility index (Phi) is 12.0. The molecule has 2 atom stereocenters. The van der Waals surface area contributed by atoms with Gasteiger partial charge in [0.15, 0.2) is 0 Å². The van der Waals surface area contributed by atoms with Crippen LogP contribution in [0.1, 0.15) is 69.7 Å². The van der Waals surface area contributed by atoms with Crippen LogP contribution in [0.3, 0.4) is 0 Å². The van der Waals surface area contributed by atoms with Gasteiger partial charge >= 0.3 is 6.09 Å². The first-order valence-corrected chi connectivity index (χ1v) is 13.6. The zero-order chi connectivity index (χ0) is 29.9. The van der Waals surface area contributed by atoms with Gasteiger partial charge in [0.25, 0.3) is 0 Å². The number of carbonyl (C=O) groups excluding carboxylic acids is 3. The lowest BCUT2D eigenvalue weighted by Crippen LogP contribution is -2.54. The summed E-state index contributed by atoms with van der Waals surface area (Å²) in [4.78, 5) is 41.9. The van der Waals surface area contributed by atoms with Crippen molar-refractivity contribution in [3.05, 3.63) is 71.8 Å². The summed E-state index contributed by atoms with van der Waals surface area (Å²) >= 11 is 0. The summed E-state index contributed by atoms with van der Waals surface area (Å²) in [5.74, 6) is -1.04. The highest BCUT2D eigenvalue weighted by molar-refractivity contribution is 5.93. The molecule has 2 rings (SSSR count). The monoisotopic (exact) mass is 553 g/mol. The van der Waals surface area contributed by atoms with Crippen LogP contribution < -0.4 is 10.6 Å². The fraction of sp³-hybridized carbons (Fsp3) is 0.452. The number of carbonyl (C=O) groups is 3. The van der Waals surface area contributed by atoms with Crippen molar-refractivity contribution >= 4 is 17.9 Å². The molecule has 0 heterocycles. The number of aromatic hydroxyl groups is 2. The Morgan fingerprint density at radius 1 is 1.07 bits per heavy atom. The minimum absolute atomic E-state index is 0.0265. The van der Waals surface area contributed by atoms with Crippen molar-refractivity contribution in [3.63, 3.8) is 0 Å². The Hall–Kier alpha value is -4.01. The maximum absolute atomic E-state index is 14.2. The Morgan fingerprint density at radius 2 is 1.75 bits per heavy atom. The van der Waals surface area contributed by atoms with Crippen LogP contribution >= 0.6 is 0 Å². The predicted octanol–water partition coefficient (Wildman–Crippen LogP) is 4.90. The number of nitrogens with zero attached hydrogens (tertiary/aromatic N) is 1. The second-order valence-electron chi connectivity index (χ2n) is 10.8. The molecule has 0 fully saturated rings. The van der Waals surface area contributed by atoms with E-state index in [1.54, 1.807) is 58.0 Å². The van der Waals surface area contributed by atoms with Gasteiger partial charge in [-0.2, -0.15) is 0 Å². The molecule has 9 heteroatoms. The van der Waals surface area contributed by atoms with Crippen LogP contribution in [0.25, 0.3) is 0 Å². The number of rotatable bonds is 13. The summed E-state index contributed by atoms with van der Waals surface area (Å²) in [5, 5.41) is 26.2. The molecule has 40 heavy (non-hydrogen) atoms. The van der Waals surface area contributed by atoms with Crippen molar-refractivity contribution in [2.45, 2.75) is 78.0 Å². The molecule has 2 aromatic carbocycles. The maximum Gasteiger partial charge on any atom is 0.408 e. The van der Waals surface area contributed by atoms with E-state index < -0.39 is 35.6 Å². The van der Waals surface area contributed by atoms with E-state index in [2.05, 4.69) is 24.1 Å². The fourth-order valence-electron chi connectivity index (χ4n) is 4.22. The summed E-state index contributed by atoms with van der Waals surface area (Å²) in [6.45, 7) is 13.1. The number of alkyl carbamates (subject to hydrolysis) is 1. The van der Waals surface area contributed by atoms with Crippen LogP contribution in [0.4, 0.5) is 4.79 Å². The number of hydrogen-bond donors (Lipinski definition) is 4. The van der Waals surface area contributed by atoms with E-state index in [0.29, 0.717) is 17.7 Å². The molecule has 0 saturated carbocycles. The third kappa shape index (κ3) is 9.63. The lowest BCUT2D eigenvalue weighted by Gasteiger charge is -2.34. The van der Waals surface area contributed by atoms with Crippen molar-refractivity contribution in [2.75, 3.05) is 13.1 Å². The summed E-state index contributed by atoms with van der Waals surface area (Å²) in [7, 11) is 0. The molecule has 2 aromatic rings. The number of benzene rings is 2. The highest BCUT2D eigenvalue weighted by Crippen LogP contribution is 2.32. The van der Waals surface area contributed by atoms with E-state index in [9.17, 15) is 24.6 Å². The number of aryl methyl sites for hydroxylation is 1. The molecule has 3 amide bonds. The van der Waals surface area contributed by atoms with Gasteiger partial charge in [0.1, 0.15) is 29.2 Å². The molecular formula is C31H43N3O6. The largest absolute Gasteiger partial charge is 0.508 e. The number of nitrogens with one attached hydrogen (secondary N) is 2. The molecule has 4 N–H and O–H groups in total. The lowest BCUT2D eigenvalue weighted by atomic mass is 9.98. The number of amides is 3. The van der Waals surface area contributed by atoms with E-state index in [1.165, 1.54) is 23.1 Å². The second kappa shape index (κ2) is 15.0. The number of phenols is 2. The molecule has 0 aliphatic rings. The minimum atomic E-state index is -1.19. The van der Waals surface area contributed by atoms with Gasteiger partial charge in [0.2, 0.25) is 11.8 Å². The molecule has 9 nitrogen and oxygen atoms in total. The molecule has 0 radical (unpaired) electrons. The van der Waals surface area contributed by atoms with E-state index in [1.807, 2.05) is 0 Å². The first kappa shape index (κ1) is 32.2. The molecular weight excluding hydrogens is 510 g/mol. The molecule has 218 valence electrons. The van der Waals surface area contributed by atoms with Crippen LogP contribution in [0.2, 0.25) is 0 Å². The van der Waals surface area contributed by atoms with Crippen molar-refractivity contribution in [1.29, 1.82) is 0 Å². The Balaban J connectivity index is 2.54. The van der Waals surface area contributed by atoms with Crippen LogP contribution in [0.15, 0.2) is 55.1 Å². The molecule has 0 aliphatic heterocycles. The zero-order valence-corrected chi connectivity index (χ0v) is 24.2. The van der Waals surface area contributed by atoms with Crippen molar-refractivity contribution in [3.8, 4) is 11.5 Å². The van der Waals surface area contributed by atoms with Crippen LogP contribution in [0, 0.1) is 6.92 Å². The second-order valence-corrected chi connectivity index (χ2v) is 10.8. The Bertz CT molecular complexity index is 1160. The number of hydrogen-bond acceptors (Lipinski definition) is 6. The maximum atomic E-state index is 14.2. The summed E-state index contributed by atoms with van der Waals surface area (Å²) in [6, 6.07) is 9.00. The van der Waals surface area contributed by atoms with Crippen LogP contribution in [0.5, 0.6) is 11.5 Å². The van der Waals surface area contributed by atoms with Gasteiger partial charge in [-0.3, -0.25) is 9.59 Å². The quantitative estimate of drug-likeness (QED) is 0.206. The van der Waals surface area contributed by atoms with E-state index >= 15 is 0 Å². The molecule has 2 unspecified atom stereocenters. The number of phenolic OH excluding ortho intramolecular Hbond substituents is 2. The zero-order valence-electron chi connectivity index (χ0n) is 24.2. The highest BCUT2D eigenvalue weighted by Gasteiger charge is 2.37. The van der Waals surface area contributed by atoms with E-state index in [4.69, 9.17) is 4.74 Å². The topological polar surface area (TPSA) is 128 Å². The van der Waals surface area contributed by atoms with Gasteiger partial charge in [-0.1, -0.05) is 56.2 Å². The highest BCUT2D eigenvalue weighted by atomic mass is 16.6. The number of para-hydroxylation sites is 1. The third-order valence-electron chi connectivity index (χ3n) is 6.18. The predicted molar refractivity (Wildman–Crippen MR) is 155 cm³/mol. The summed E-state index contributed by atoms with van der Waals surface area (Å²) in [6.07, 6.45) is 3.46. The van der Waals surface area contributed by atoms with E-state index in [-0.39, 0.29) is 30.0 Å². The number of unbranched alkanes of at least 4 members (excludes halogenated alkanes) is 2. The van der Waals surface area contributed by atoms with Gasteiger partial charge in [-0.25, -0.2) is 4.79 Å². The average Bonchev–Trinajstić information content (AvgIpc) is 2.88. The first-order chi connectivity index (χ1) is 18.9. The van der Waals surface area contributed by atoms with Crippen molar-refractivity contribution < 1.29 is 29.3 Å². The third-order valence-corrected chi connectivity index (χ3v) is 6.18. The Labute approximate surface area is 237 Å². The van der Waals surface area contributed by atoms with Crippen LogP contribution in [-0.2, 0) is 20.7 Å². The van der Waals surface area contributed by atoms with Gasteiger partial charge < -0.3 is 30.5 Å².